The van der Waals surface area contributed by atoms with Crippen LogP contribution in [0.2, 0.25) is 5.02 Å². The number of amides is 1. The van der Waals surface area contributed by atoms with E-state index in [2.05, 4.69) is 9.97 Å². The van der Waals surface area contributed by atoms with Crippen molar-refractivity contribution in [2.24, 2.45) is 0 Å². The SMILES string of the molecule is Cc1ccc(C)c(/C(O)=C2\C(=O)C(=O)N(c3nc4cc(Cl)c(F)cc4s3)C2c2ccncc2)c1. The number of fused-ring (bicyclic) bond motifs is 1. The van der Waals surface area contributed by atoms with Gasteiger partial charge < -0.3 is 5.11 Å². The van der Waals surface area contributed by atoms with Crippen molar-refractivity contribution in [1.29, 1.82) is 0 Å². The summed E-state index contributed by atoms with van der Waals surface area (Å²) in [6.07, 6.45) is 3.09. The molecule has 0 bridgehead atoms. The molecular weight excluding hydrogens is 477 g/mol. The van der Waals surface area contributed by atoms with E-state index in [1.165, 1.54) is 17.0 Å². The van der Waals surface area contributed by atoms with Crippen LogP contribution in [0.15, 0.2) is 60.4 Å². The molecule has 0 aliphatic carbocycles. The van der Waals surface area contributed by atoms with E-state index in [9.17, 15) is 19.1 Å². The number of pyridine rings is 1. The highest BCUT2D eigenvalue weighted by atomic mass is 35.5. The van der Waals surface area contributed by atoms with Gasteiger partial charge in [0.2, 0.25) is 0 Å². The number of nitrogens with zero attached hydrogens (tertiary/aromatic N) is 3. The lowest BCUT2D eigenvalue weighted by molar-refractivity contribution is -0.132. The number of carbonyl (C=O) groups excluding carboxylic acids is 2. The Morgan fingerprint density at radius 1 is 1.12 bits per heavy atom. The molecule has 3 heterocycles. The van der Waals surface area contributed by atoms with Gasteiger partial charge in [-0.3, -0.25) is 19.5 Å². The molecule has 5 rings (SSSR count). The van der Waals surface area contributed by atoms with Gasteiger partial charge in [0.1, 0.15) is 11.6 Å². The largest absolute Gasteiger partial charge is 0.507 e. The molecule has 1 amide bonds. The van der Waals surface area contributed by atoms with Gasteiger partial charge in [0.15, 0.2) is 5.13 Å². The summed E-state index contributed by atoms with van der Waals surface area (Å²) in [7, 11) is 0. The first-order chi connectivity index (χ1) is 16.3. The average molecular weight is 494 g/mol. The van der Waals surface area contributed by atoms with Gasteiger partial charge in [-0.1, -0.05) is 40.6 Å². The number of thiazole rings is 1. The van der Waals surface area contributed by atoms with Crippen LogP contribution in [0.3, 0.4) is 0 Å². The van der Waals surface area contributed by atoms with Crippen LogP contribution in [0.4, 0.5) is 9.52 Å². The Morgan fingerprint density at radius 2 is 1.85 bits per heavy atom. The Balaban J connectivity index is 1.75. The molecule has 9 heteroatoms. The van der Waals surface area contributed by atoms with Crippen molar-refractivity contribution < 1.29 is 19.1 Å². The number of Topliss-reactive ketones (excluding diaryl/α,β-unsaturated/α-hetero) is 1. The Labute approximate surface area is 203 Å². The van der Waals surface area contributed by atoms with E-state index < -0.39 is 23.5 Å². The van der Waals surface area contributed by atoms with Crippen molar-refractivity contribution >= 4 is 55.7 Å². The quantitative estimate of drug-likeness (QED) is 0.224. The van der Waals surface area contributed by atoms with Crippen LogP contribution in [0.25, 0.3) is 16.0 Å². The van der Waals surface area contributed by atoms with Crippen molar-refractivity contribution in [2.45, 2.75) is 19.9 Å². The zero-order valence-electron chi connectivity index (χ0n) is 18.0. The number of anilines is 1. The molecule has 1 atom stereocenters. The Bertz CT molecular complexity index is 1480. The molecule has 170 valence electrons. The maximum absolute atomic E-state index is 14.0. The lowest BCUT2D eigenvalue weighted by Crippen LogP contribution is -2.29. The number of rotatable bonds is 3. The normalized spacial score (nSPS) is 17.6. The van der Waals surface area contributed by atoms with Gasteiger partial charge in [0, 0.05) is 18.0 Å². The first-order valence-corrected chi connectivity index (χ1v) is 11.5. The molecule has 34 heavy (non-hydrogen) atoms. The molecule has 1 aliphatic heterocycles. The van der Waals surface area contributed by atoms with E-state index >= 15 is 0 Å². The van der Waals surface area contributed by atoms with Gasteiger partial charge in [-0.2, -0.15) is 0 Å². The summed E-state index contributed by atoms with van der Waals surface area (Å²) < 4.78 is 14.5. The van der Waals surface area contributed by atoms with Gasteiger partial charge in [-0.05, 0) is 55.3 Å². The second kappa shape index (κ2) is 8.30. The van der Waals surface area contributed by atoms with Gasteiger partial charge in [0.05, 0.1) is 26.9 Å². The molecule has 1 unspecified atom stereocenters. The zero-order chi connectivity index (χ0) is 24.1. The van der Waals surface area contributed by atoms with E-state index in [0.717, 1.165) is 22.5 Å². The lowest BCUT2D eigenvalue weighted by Gasteiger charge is -2.23. The highest BCUT2D eigenvalue weighted by Gasteiger charge is 2.48. The molecule has 1 saturated heterocycles. The van der Waals surface area contributed by atoms with Crippen molar-refractivity contribution in [2.75, 3.05) is 4.90 Å². The molecule has 2 aromatic carbocycles. The molecular formula is C25H17ClFN3O3S. The fourth-order valence-corrected chi connectivity index (χ4v) is 5.20. The molecule has 1 fully saturated rings. The Kier molecular flexibility index (Phi) is 5.42. The third-order valence-electron chi connectivity index (χ3n) is 5.74. The number of carbonyl (C=O) groups is 2. The Hall–Kier alpha value is -3.62. The number of benzene rings is 2. The second-order valence-electron chi connectivity index (χ2n) is 8.00. The number of aliphatic hydroxyl groups is 1. The predicted molar refractivity (Wildman–Crippen MR) is 130 cm³/mol. The third-order valence-corrected chi connectivity index (χ3v) is 7.05. The van der Waals surface area contributed by atoms with Crippen LogP contribution in [-0.4, -0.2) is 26.8 Å². The van der Waals surface area contributed by atoms with E-state index in [1.807, 2.05) is 26.0 Å². The Morgan fingerprint density at radius 3 is 2.59 bits per heavy atom. The first kappa shape index (κ1) is 22.2. The molecule has 4 aromatic rings. The van der Waals surface area contributed by atoms with Gasteiger partial charge in [-0.25, -0.2) is 9.37 Å². The van der Waals surface area contributed by atoms with E-state index in [-0.39, 0.29) is 21.5 Å². The molecule has 1 N–H and O–H groups in total. The van der Waals surface area contributed by atoms with Crippen molar-refractivity contribution in [1.82, 2.24) is 9.97 Å². The summed E-state index contributed by atoms with van der Waals surface area (Å²) in [5.41, 5.74) is 3.05. The fraction of sp³-hybridized carbons (Fsp3) is 0.120. The molecule has 0 radical (unpaired) electrons. The molecule has 6 nitrogen and oxygen atoms in total. The van der Waals surface area contributed by atoms with Crippen LogP contribution < -0.4 is 4.90 Å². The minimum Gasteiger partial charge on any atom is -0.507 e. The summed E-state index contributed by atoms with van der Waals surface area (Å²) in [5, 5.41) is 11.4. The van der Waals surface area contributed by atoms with Crippen LogP contribution in [-0.2, 0) is 9.59 Å². The third kappa shape index (κ3) is 3.55. The van der Waals surface area contributed by atoms with Crippen molar-refractivity contribution in [3.63, 3.8) is 0 Å². The summed E-state index contributed by atoms with van der Waals surface area (Å²) >= 11 is 6.96. The molecule has 0 saturated carbocycles. The summed E-state index contributed by atoms with van der Waals surface area (Å²) in [6, 6.07) is 10.5. The minimum atomic E-state index is -0.941. The van der Waals surface area contributed by atoms with E-state index in [0.29, 0.717) is 21.3 Å². The topological polar surface area (TPSA) is 83.4 Å². The van der Waals surface area contributed by atoms with E-state index in [1.54, 1.807) is 30.6 Å². The van der Waals surface area contributed by atoms with Crippen LogP contribution >= 0.6 is 22.9 Å². The van der Waals surface area contributed by atoms with Crippen LogP contribution in [0, 0.1) is 19.7 Å². The summed E-state index contributed by atoms with van der Waals surface area (Å²) in [4.78, 5) is 36.3. The number of aromatic nitrogens is 2. The monoisotopic (exact) mass is 493 g/mol. The van der Waals surface area contributed by atoms with Crippen molar-refractivity contribution in [3.05, 3.63) is 93.5 Å². The number of hydrogen-bond donors (Lipinski definition) is 1. The zero-order valence-corrected chi connectivity index (χ0v) is 19.6. The standard InChI is InChI=1S/C25H17ClFN3O3S/c1-12-3-4-13(2)15(9-12)22(31)20-21(14-5-7-28-8-6-14)30(24(33)23(20)32)25-29-18-10-16(26)17(27)11-19(18)34-25/h3-11,21,31H,1-2H3/b22-20+. The first-order valence-electron chi connectivity index (χ1n) is 10.3. The number of halogens is 2. The van der Waals surface area contributed by atoms with Gasteiger partial charge >= 0.3 is 5.91 Å². The highest BCUT2D eigenvalue weighted by Crippen LogP contribution is 2.44. The molecule has 0 spiro atoms. The predicted octanol–water partition coefficient (Wildman–Crippen LogP) is 5.73. The fourth-order valence-electron chi connectivity index (χ4n) is 4.04. The average Bonchev–Trinajstić information content (AvgIpc) is 3.33. The van der Waals surface area contributed by atoms with Gasteiger partial charge in [-0.15, -0.1) is 0 Å². The number of aliphatic hydroxyl groups excluding tert-OH is 1. The second-order valence-corrected chi connectivity index (χ2v) is 9.41. The lowest BCUT2D eigenvalue weighted by atomic mass is 9.94. The molecule has 1 aliphatic rings. The summed E-state index contributed by atoms with van der Waals surface area (Å²) in [5.74, 6) is -2.53. The minimum absolute atomic E-state index is 0.0478. The molecule has 2 aromatic heterocycles. The van der Waals surface area contributed by atoms with Gasteiger partial charge in [0.25, 0.3) is 5.78 Å². The maximum Gasteiger partial charge on any atom is 0.301 e. The number of aryl methyl sites for hydroxylation is 2. The van der Waals surface area contributed by atoms with Crippen LogP contribution in [0.1, 0.15) is 28.3 Å². The van der Waals surface area contributed by atoms with Crippen molar-refractivity contribution in [3.8, 4) is 0 Å². The highest BCUT2D eigenvalue weighted by molar-refractivity contribution is 7.22. The number of hydrogen-bond acceptors (Lipinski definition) is 6. The summed E-state index contributed by atoms with van der Waals surface area (Å²) in [6.45, 7) is 3.69. The number of ketones is 1. The maximum atomic E-state index is 14.0. The smallest absolute Gasteiger partial charge is 0.301 e. The van der Waals surface area contributed by atoms with E-state index in [4.69, 9.17) is 11.6 Å². The van der Waals surface area contributed by atoms with Crippen LogP contribution in [0.5, 0.6) is 0 Å².